The first-order valence-corrected chi connectivity index (χ1v) is 23.1. The predicted octanol–water partition coefficient (Wildman–Crippen LogP) is 4.03. The molecule has 1 aromatic heterocycles. The van der Waals surface area contributed by atoms with E-state index in [1.54, 1.807) is 21.6 Å². The minimum absolute atomic E-state index is 0.00211. The molecule has 0 aliphatic carbocycles. The zero-order valence-corrected chi connectivity index (χ0v) is 36.2. The number of aromatic nitrogens is 1. The lowest BCUT2D eigenvalue weighted by Crippen LogP contribution is -2.44. The number of carbonyl (C=O) groups excluding carboxylic acids is 2. The number of hydrogen-bond donors (Lipinski definition) is 6. The van der Waals surface area contributed by atoms with E-state index in [1.165, 1.54) is 0 Å². The van der Waals surface area contributed by atoms with Crippen molar-refractivity contribution in [3.05, 3.63) is 120 Å². The SMILES string of the molecule is O=C(CN1c2ccccc2OC1C=Cc1ccc(N(CCO)CCO)cc1)NCCSSCCNC(=O)C[n+]1c(C=Cc2ccc(N(CCO)CCO)cc2)oc2ccccc21. The van der Waals surface area contributed by atoms with E-state index >= 15 is 0 Å². The minimum atomic E-state index is -0.468. The van der Waals surface area contributed by atoms with E-state index in [0.29, 0.717) is 68.0 Å². The fourth-order valence-corrected chi connectivity index (χ4v) is 8.77. The first-order chi connectivity index (χ1) is 30.4. The van der Waals surface area contributed by atoms with Crippen molar-refractivity contribution in [2.75, 3.05) is 98.4 Å². The largest absolute Gasteiger partial charge is 0.465 e. The maximum absolute atomic E-state index is 13.1. The second-order valence-electron chi connectivity index (χ2n) is 14.2. The van der Waals surface area contributed by atoms with Gasteiger partial charge in [-0.2, -0.15) is 0 Å². The average molecular weight is 884 g/mol. The normalized spacial score (nSPS) is 13.5. The molecule has 16 heteroatoms. The van der Waals surface area contributed by atoms with Crippen molar-refractivity contribution in [3.8, 4) is 5.75 Å². The average Bonchev–Trinajstić information content (AvgIpc) is 3.82. The highest BCUT2D eigenvalue weighted by atomic mass is 33.1. The van der Waals surface area contributed by atoms with Gasteiger partial charge in [-0.1, -0.05) is 76.2 Å². The zero-order chi connectivity index (χ0) is 43.5. The molecule has 6 rings (SSSR count). The molecule has 2 amide bonds. The molecule has 14 nitrogen and oxygen atoms in total. The number of carbonyl (C=O) groups is 2. The van der Waals surface area contributed by atoms with Gasteiger partial charge in [0.25, 0.3) is 11.4 Å². The number of amides is 2. The van der Waals surface area contributed by atoms with Crippen LogP contribution in [0, 0.1) is 0 Å². The number of hydrogen-bond acceptors (Lipinski definition) is 13. The van der Waals surface area contributed by atoms with Gasteiger partial charge in [-0.3, -0.25) is 9.59 Å². The number of para-hydroxylation sites is 4. The van der Waals surface area contributed by atoms with Gasteiger partial charge >= 0.3 is 5.89 Å². The Bertz CT molecular complexity index is 2230. The lowest BCUT2D eigenvalue weighted by molar-refractivity contribution is -0.665. The number of rotatable bonds is 25. The summed E-state index contributed by atoms with van der Waals surface area (Å²) in [6.07, 6.45) is 7.18. The molecule has 1 aliphatic rings. The summed E-state index contributed by atoms with van der Waals surface area (Å²) in [7, 11) is 3.26. The Kier molecular flexibility index (Phi) is 18.0. The summed E-state index contributed by atoms with van der Waals surface area (Å²) in [5, 5.41) is 43.5. The van der Waals surface area contributed by atoms with Crippen molar-refractivity contribution in [1.29, 1.82) is 0 Å². The maximum Gasteiger partial charge on any atom is 0.374 e. The van der Waals surface area contributed by atoms with Gasteiger partial charge in [0.15, 0.2) is 6.23 Å². The molecule has 4 aromatic carbocycles. The van der Waals surface area contributed by atoms with Gasteiger partial charge in [-0.05, 0) is 65.7 Å². The highest BCUT2D eigenvalue weighted by Crippen LogP contribution is 2.37. The van der Waals surface area contributed by atoms with E-state index in [-0.39, 0.29) is 51.3 Å². The Morgan fingerprint density at radius 1 is 0.677 bits per heavy atom. The van der Waals surface area contributed by atoms with Crippen molar-refractivity contribution in [2.45, 2.75) is 12.8 Å². The third kappa shape index (κ3) is 13.0. The number of aliphatic hydroxyl groups excluding tert-OH is 4. The van der Waals surface area contributed by atoms with Gasteiger partial charge in [0.2, 0.25) is 18.0 Å². The Morgan fingerprint density at radius 2 is 1.23 bits per heavy atom. The smallest absolute Gasteiger partial charge is 0.374 e. The zero-order valence-electron chi connectivity index (χ0n) is 34.6. The molecule has 1 atom stereocenters. The van der Waals surface area contributed by atoms with E-state index in [9.17, 15) is 30.0 Å². The minimum Gasteiger partial charge on any atom is -0.465 e. The van der Waals surface area contributed by atoms with Crippen molar-refractivity contribution < 1.29 is 43.7 Å². The van der Waals surface area contributed by atoms with Crippen LogP contribution in [0.2, 0.25) is 0 Å². The van der Waals surface area contributed by atoms with Crippen LogP contribution in [0.1, 0.15) is 17.0 Å². The lowest BCUT2D eigenvalue weighted by atomic mass is 10.1. The molecule has 62 heavy (non-hydrogen) atoms. The summed E-state index contributed by atoms with van der Waals surface area (Å²) < 4.78 is 14.2. The van der Waals surface area contributed by atoms with Crippen molar-refractivity contribution in [1.82, 2.24) is 10.6 Å². The molecule has 2 heterocycles. The van der Waals surface area contributed by atoms with Crippen molar-refractivity contribution in [3.63, 3.8) is 0 Å². The molecule has 0 saturated heterocycles. The molecule has 6 N–H and O–H groups in total. The standard InChI is InChI=1S/C46H54N6O8S2/c53-27-23-49(24-28-54)37-15-9-35(10-16-37)13-19-45-51(39-5-1-3-7-41(39)59-45)33-43(57)47-21-31-61-62-32-22-48-44(58)34-52-40-6-2-4-8-42(40)60-46(52)20-14-36-11-17-38(18-12-36)50(25-29-55)26-30-56/h1-20,45,53-56H,21-34H2,(H-,47,48,57,58)/p+1. The molecule has 0 radical (unpaired) electrons. The summed E-state index contributed by atoms with van der Waals surface area (Å²) in [6.45, 7) is 2.91. The first kappa shape index (κ1) is 46.0. The quantitative estimate of drug-likeness (QED) is 0.0282. The second-order valence-corrected chi connectivity index (χ2v) is 16.9. The van der Waals surface area contributed by atoms with E-state index in [4.69, 9.17) is 9.15 Å². The van der Waals surface area contributed by atoms with Crippen molar-refractivity contribution in [2.24, 2.45) is 0 Å². The number of ether oxygens (including phenoxy) is 1. The molecule has 328 valence electrons. The van der Waals surface area contributed by atoms with Crippen LogP contribution in [0.25, 0.3) is 29.3 Å². The van der Waals surface area contributed by atoms with Crippen LogP contribution in [-0.2, 0) is 16.1 Å². The number of anilines is 3. The number of nitrogens with one attached hydrogen (secondary N) is 2. The first-order valence-electron chi connectivity index (χ1n) is 20.6. The summed E-state index contributed by atoms with van der Waals surface area (Å²) >= 11 is 0. The van der Waals surface area contributed by atoms with Crippen molar-refractivity contribution >= 4 is 79.8 Å². The van der Waals surface area contributed by atoms with Crippen LogP contribution in [0.3, 0.4) is 0 Å². The van der Waals surface area contributed by atoms with Gasteiger partial charge in [-0.25, -0.2) is 0 Å². The van der Waals surface area contributed by atoms with Gasteiger partial charge in [-0.15, -0.1) is 4.57 Å². The molecule has 0 bridgehead atoms. The summed E-state index contributed by atoms with van der Waals surface area (Å²) in [5.41, 5.74) is 6.03. The van der Waals surface area contributed by atoms with E-state index in [1.807, 2.05) is 141 Å². The Morgan fingerprint density at radius 3 is 1.84 bits per heavy atom. The summed E-state index contributed by atoms with van der Waals surface area (Å²) in [5.74, 6) is 2.39. The summed E-state index contributed by atoms with van der Waals surface area (Å²) in [4.78, 5) is 32.0. The second kappa shape index (κ2) is 24.2. The van der Waals surface area contributed by atoms with Gasteiger partial charge in [0, 0.05) is 68.2 Å². The molecule has 1 unspecified atom stereocenters. The molecule has 0 fully saturated rings. The van der Waals surface area contributed by atoms with Gasteiger partial charge in [0.05, 0.1) is 38.2 Å². The predicted molar refractivity (Wildman–Crippen MR) is 249 cm³/mol. The third-order valence-corrected chi connectivity index (χ3v) is 12.4. The topological polar surface area (TPSA) is 175 Å². The van der Waals surface area contributed by atoms with Crippen LogP contribution in [0.4, 0.5) is 17.1 Å². The third-order valence-electron chi connectivity index (χ3n) is 9.95. The monoisotopic (exact) mass is 883 g/mol. The highest BCUT2D eigenvalue weighted by molar-refractivity contribution is 8.76. The lowest BCUT2D eigenvalue weighted by Gasteiger charge is -2.23. The number of oxazole rings is 1. The van der Waals surface area contributed by atoms with Gasteiger partial charge in [0.1, 0.15) is 12.3 Å². The molecule has 5 aromatic rings. The van der Waals surface area contributed by atoms with Crippen LogP contribution < -0.4 is 34.6 Å². The van der Waals surface area contributed by atoms with E-state index < -0.39 is 6.23 Å². The van der Waals surface area contributed by atoms with E-state index in [0.717, 1.165) is 33.7 Å². The molecule has 1 aliphatic heterocycles. The highest BCUT2D eigenvalue weighted by Gasteiger charge is 2.30. The molecule has 0 spiro atoms. The fraction of sp³-hybridized carbons (Fsp3) is 0.326. The molecular formula is C46H55N6O8S2+. The van der Waals surface area contributed by atoms with E-state index in [2.05, 4.69) is 10.6 Å². The van der Waals surface area contributed by atoms with Crippen LogP contribution in [0.15, 0.2) is 108 Å². The Balaban J connectivity index is 0.922. The van der Waals surface area contributed by atoms with Crippen LogP contribution in [-0.4, -0.2) is 122 Å². The number of benzene rings is 4. The molecule has 0 saturated carbocycles. The van der Waals surface area contributed by atoms with Gasteiger partial charge < -0.3 is 54.9 Å². The Labute approximate surface area is 369 Å². The fourth-order valence-electron chi connectivity index (χ4n) is 6.95. The van der Waals surface area contributed by atoms with Crippen LogP contribution >= 0.6 is 21.6 Å². The molecular weight excluding hydrogens is 829 g/mol. The number of aliphatic hydroxyl groups is 4. The number of fused-ring (bicyclic) bond motifs is 2. The maximum atomic E-state index is 13.1. The summed E-state index contributed by atoms with van der Waals surface area (Å²) in [6, 6.07) is 30.9. The Hall–Kier alpha value is -5.49. The number of nitrogens with zero attached hydrogens (tertiary/aromatic N) is 4. The van der Waals surface area contributed by atoms with Crippen LogP contribution in [0.5, 0.6) is 5.75 Å².